The summed E-state index contributed by atoms with van der Waals surface area (Å²) in [6.45, 7) is -0.946. The summed E-state index contributed by atoms with van der Waals surface area (Å²) in [5.74, 6) is -1.82. The predicted molar refractivity (Wildman–Crippen MR) is 197 cm³/mol. The van der Waals surface area contributed by atoms with Gasteiger partial charge in [0.2, 0.25) is 6.79 Å². The van der Waals surface area contributed by atoms with Crippen LogP contribution < -0.4 is 33.7 Å². The summed E-state index contributed by atoms with van der Waals surface area (Å²) in [5, 5.41) is 45.6. The number of nitro groups is 1. The number of benzene rings is 4. The maximum Gasteiger partial charge on any atom is 0.311 e. The zero-order valence-corrected chi connectivity index (χ0v) is 30.7. The van der Waals surface area contributed by atoms with E-state index in [4.69, 9.17) is 33.2 Å². The van der Waals surface area contributed by atoms with Crippen molar-refractivity contribution in [3.05, 3.63) is 104 Å². The summed E-state index contributed by atoms with van der Waals surface area (Å²) in [5.41, 5.74) is 2.48. The van der Waals surface area contributed by atoms with E-state index in [0.29, 0.717) is 50.8 Å². The first-order chi connectivity index (χ1) is 27.0. The Morgan fingerprint density at radius 2 is 1.52 bits per heavy atom. The number of methoxy groups -OCH3 is 4. The number of hydrogen-bond donors (Lipinski definition) is 4. The van der Waals surface area contributed by atoms with Crippen LogP contribution in [0.5, 0.6) is 40.2 Å². The lowest BCUT2D eigenvalue weighted by Gasteiger charge is -2.39. The highest BCUT2D eigenvalue weighted by molar-refractivity contribution is 6.24. The molecule has 4 aromatic carbocycles. The van der Waals surface area contributed by atoms with Gasteiger partial charge < -0.3 is 53.8 Å². The number of esters is 1. The molecule has 56 heavy (non-hydrogen) atoms. The Balaban J connectivity index is 1.40. The topological polar surface area (TPSA) is 215 Å². The van der Waals surface area contributed by atoms with E-state index in [2.05, 4.69) is 5.32 Å². The summed E-state index contributed by atoms with van der Waals surface area (Å²) < 4.78 is 39.4. The number of aromatic hydroxyl groups is 1. The van der Waals surface area contributed by atoms with Crippen molar-refractivity contribution in [1.29, 1.82) is 0 Å². The molecule has 0 saturated carbocycles. The normalized spacial score (nSPS) is 19.4. The van der Waals surface area contributed by atoms with Crippen LogP contribution in [-0.2, 0) is 27.5 Å². The highest BCUT2D eigenvalue weighted by atomic mass is 16.7. The van der Waals surface area contributed by atoms with E-state index in [1.54, 1.807) is 24.3 Å². The third kappa shape index (κ3) is 6.51. The van der Waals surface area contributed by atoms with Gasteiger partial charge in [0, 0.05) is 34.6 Å². The van der Waals surface area contributed by atoms with Crippen molar-refractivity contribution < 1.29 is 63.0 Å². The van der Waals surface area contributed by atoms with E-state index in [1.165, 1.54) is 52.7 Å². The van der Waals surface area contributed by atoms with Gasteiger partial charge in [-0.3, -0.25) is 19.7 Å². The van der Waals surface area contributed by atoms with Gasteiger partial charge in [-0.25, -0.2) is 0 Å². The molecule has 2 heterocycles. The van der Waals surface area contributed by atoms with Crippen molar-refractivity contribution in [3.8, 4) is 40.2 Å². The number of hydrogen-bond acceptors (Lipinski definition) is 14. The fraction of sp³-hybridized carbons (Fsp3) is 0.300. The monoisotopic (exact) mass is 770 g/mol. The first kappa shape index (κ1) is 37.8. The zero-order valence-electron chi connectivity index (χ0n) is 30.7. The minimum absolute atomic E-state index is 0.000622. The lowest BCUT2D eigenvalue weighted by atomic mass is 9.65. The van der Waals surface area contributed by atoms with E-state index < -0.39 is 58.6 Å². The van der Waals surface area contributed by atoms with Crippen molar-refractivity contribution >= 4 is 29.2 Å². The number of amides is 1. The molecule has 0 spiro atoms. The highest BCUT2D eigenvalue weighted by Gasteiger charge is 2.53. The number of aliphatic hydroxyl groups excluding tert-OH is 2. The number of cyclic esters (lactones) is 1. The van der Waals surface area contributed by atoms with Crippen LogP contribution in [0.1, 0.15) is 50.9 Å². The third-order valence-corrected chi connectivity index (χ3v) is 10.4. The molecule has 0 bridgehead atoms. The summed E-state index contributed by atoms with van der Waals surface area (Å²) in [4.78, 5) is 39.6. The Bertz CT molecular complexity index is 2220. The van der Waals surface area contributed by atoms with E-state index >= 15 is 0 Å². The first-order valence-electron chi connectivity index (χ1n) is 17.4. The van der Waals surface area contributed by atoms with Crippen molar-refractivity contribution in [3.63, 3.8) is 0 Å². The number of phenols is 1. The zero-order chi connectivity index (χ0) is 39.8. The van der Waals surface area contributed by atoms with Gasteiger partial charge in [0.25, 0.3) is 5.91 Å². The fourth-order valence-corrected chi connectivity index (χ4v) is 7.87. The number of carbonyl (C=O) groups excluding carboxylic acids is 2. The molecular formula is C40H38N2O14. The molecule has 2 aliphatic heterocycles. The van der Waals surface area contributed by atoms with Crippen LogP contribution in [0.25, 0.3) is 11.6 Å². The molecule has 4 N–H and O–H groups in total. The maximum absolute atomic E-state index is 14.8. The van der Waals surface area contributed by atoms with Crippen molar-refractivity contribution in [2.24, 2.45) is 11.8 Å². The number of phenolic OH excluding ortho intramolecular Hbond substituents is 1. The fourth-order valence-electron chi connectivity index (χ4n) is 7.87. The Hall–Kier alpha value is -6.52. The summed E-state index contributed by atoms with van der Waals surface area (Å²) >= 11 is 0. The highest BCUT2D eigenvalue weighted by Crippen LogP contribution is 2.55. The molecular weight excluding hydrogens is 732 g/mol. The molecule has 16 nitrogen and oxygen atoms in total. The summed E-state index contributed by atoms with van der Waals surface area (Å²) in [6.07, 6.45) is 1.41. The largest absolute Gasteiger partial charge is 0.502 e. The molecule has 0 radical (unpaired) electrons. The van der Waals surface area contributed by atoms with Crippen LogP contribution in [0.3, 0.4) is 0 Å². The Morgan fingerprint density at radius 3 is 2.14 bits per heavy atom. The average Bonchev–Trinajstić information content (AvgIpc) is 3.84. The van der Waals surface area contributed by atoms with Crippen LogP contribution in [-0.4, -0.2) is 74.0 Å². The molecule has 1 aliphatic carbocycles. The molecule has 1 fully saturated rings. The number of aliphatic hydroxyl groups is 2. The maximum atomic E-state index is 14.8. The third-order valence-electron chi connectivity index (χ3n) is 10.4. The first-order valence-corrected chi connectivity index (χ1v) is 17.4. The number of carbonyl (C=O) groups is 2. The van der Waals surface area contributed by atoms with Gasteiger partial charge in [0.1, 0.15) is 0 Å². The minimum atomic E-state index is -0.854. The second-order valence-electron chi connectivity index (χ2n) is 13.2. The van der Waals surface area contributed by atoms with Gasteiger partial charge in [0.15, 0.2) is 40.2 Å². The number of rotatable bonds is 12. The number of ether oxygens (including phenoxy) is 7. The summed E-state index contributed by atoms with van der Waals surface area (Å²) in [6, 6.07) is 12.9. The van der Waals surface area contributed by atoms with Crippen LogP contribution in [0.15, 0.2) is 54.6 Å². The van der Waals surface area contributed by atoms with Crippen LogP contribution in [0.4, 0.5) is 5.69 Å². The molecule has 7 rings (SSSR count). The molecule has 0 aromatic heterocycles. The Morgan fingerprint density at radius 1 is 0.875 bits per heavy atom. The van der Waals surface area contributed by atoms with Gasteiger partial charge in [0.05, 0.1) is 65.1 Å². The van der Waals surface area contributed by atoms with Gasteiger partial charge in [-0.15, -0.1) is 0 Å². The van der Waals surface area contributed by atoms with Crippen molar-refractivity contribution in [2.45, 2.75) is 25.2 Å². The van der Waals surface area contributed by atoms with Gasteiger partial charge >= 0.3 is 11.7 Å². The van der Waals surface area contributed by atoms with Crippen molar-refractivity contribution in [2.75, 3.05) is 41.8 Å². The quantitative estimate of drug-likeness (QED) is 0.0518. The second kappa shape index (κ2) is 15.3. The number of nitrogens with one attached hydrogen (secondary N) is 1. The lowest BCUT2D eigenvalue weighted by molar-refractivity contribution is -0.385. The SMILES string of the molecule is COc1cc(/C(=C\c2ccc(O)c([N+](=O)[O-])c2)C(=O)N[C@@H]2c3cc4c(cc3[C@@H](c3cc(CO)c(OC)c(OC)c3)[C@H]3C(=O)OC[C@@H]32)OCO4)cc(CO)c1OC. The molecule has 0 unspecified atom stereocenters. The smallest absolute Gasteiger partial charge is 0.311 e. The van der Waals surface area contributed by atoms with Crippen LogP contribution in [0, 0.1) is 22.0 Å². The minimum Gasteiger partial charge on any atom is -0.502 e. The number of nitro benzene ring substituents is 1. The second-order valence-corrected chi connectivity index (χ2v) is 13.2. The Kier molecular flexibility index (Phi) is 10.3. The molecule has 4 atom stereocenters. The Labute approximate surface area is 319 Å². The van der Waals surface area contributed by atoms with Gasteiger partial charge in [-0.1, -0.05) is 6.07 Å². The van der Waals surface area contributed by atoms with Crippen molar-refractivity contribution in [1.82, 2.24) is 5.32 Å². The lowest BCUT2D eigenvalue weighted by Crippen LogP contribution is -2.43. The van der Waals surface area contributed by atoms with E-state index in [9.17, 15) is 35.0 Å². The van der Waals surface area contributed by atoms with Crippen LogP contribution >= 0.6 is 0 Å². The molecule has 16 heteroatoms. The van der Waals surface area contributed by atoms with Crippen LogP contribution in [0.2, 0.25) is 0 Å². The molecule has 4 aromatic rings. The van der Waals surface area contributed by atoms with Gasteiger partial charge in [-0.2, -0.15) is 0 Å². The standard InChI is InChI=1S/C40H38N2O14/c1-50-32-11-20(9-22(15-43)37(32)52-3)24(7-19-5-6-29(45)28(8-19)42(48)49)39(46)41-36-26-14-31-30(55-18-56-31)13-25(26)34(35-27(36)17-54-40(35)47)21-10-23(16-44)38(53-4)33(12-21)51-2/h5-14,27,34-36,43-45H,15-18H2,1-4H3,(H,41,46)/b24-7+/t27-,34+,35-,36+/m0/s1. The summed E-state index contributed by atoms with van der Waals surface area (Å²) in [7, 11) is 5.73. The van der Waals surface area contributed by atoms with E-state index in [0.717, 1.165) is 12.1 Å². The number of nitrogens with zero attached hydrogens (tertiary/aromatic N) is 1. The van der Waals surface area contributed by atoms with E-state index in [1.807, 2.05) is 0 Å². The number of fused-ring (bicyclic) bond motifs is 3. The molecule has 1 saturated heterocycles. The molecule has 1 amide bonds. The average molecular weight is 771 g/mol. The molecule has 292 valence electrons. The molecule has 3 aliphatic rings. The van der Waals surface area contributed by atoms with Gasteiger partial charge in [-0.05, 0) is 76.4 Å². The predicted octanol–water partition coefficient (Wildman–Crippen LogP) is 4.38. The van der Waals surface area contributed by atoms with E-state index in [-0.39, 0.29) is 48.2 Å².